The Balaban J connectivity index is 2.25. The van der Waals surface area contributed by atoms with Crippen molar-refractivity contribution in [2.75, 3.05) is 6.61 Å². The number of aliphatic hydroxyl groups is 1. The largest absolute Gasteiger partial charge is 0.451 e. The molecule has 0 aliphatic heterocycles. The molecule has 114 valence electrons. The van der Waals surface area contributed by atoms with E-state index in [4.69, 9.17) is 9.52 Å². The van der Waals surface area contributed by atoms with Crippen molar-refractivity contribution in [3.05, 3.63) is 34.0 Å². The number of aliphatic hydroxyl groups excluding tert-OH is 1. The van der Waals surface area contributed by atoms with Gasteiger partial charge in [0, 0.05) is 22.5 Å². The number of carbonyl (C=O) groups is 1. The van der Waals surface area contributed by atoms with Crippen LogP contribution in [0.3, 0.4) is 0 Å². The highest BCUT2D eigenvalue weighted by molar-refractivity contribution is 9.10. The maximum Gasteiger partial charge on any atom is 0.287 e. The van der Waals surface area contributed by atoms with Crippen molar-refractivity contribution in [2.24, 2.45) is 5.92 Å². The quantitative estimate of drug-likeness (QED) is 0.862. The average Bonchev–Trinajstić information content (AvgIpc) is 2.82. The van der Waals surface area contributed by atoms with Crippen LogP contribution in [0, 0.1) is 12.8 Å². The van der Waals surface area contributed by atoms with Crippen molar-refractivity contribution >= 4 is 32.8 Å². The van der Waals surface area contributed by atoms with Crippen molar-refractivity contribution in [1.82, 2.24) is 5.32 Å². The Morgan fingerprint density at radius 3 is 2.71 bits per heavy atom. The van der Waals surface area contributed by atoms with E-state index in [1.54, 1.807) is 6.07 Å². The SMILES string of the molecule is Cc1cc(Br)cc2cc(C(=O)N[C@@H](CCO)C(C)C)oc12. The van der Waals surface area contributed by atoms with Gasteiger partial charge in [0.1, 0.15) is 5.58 Å². The number of fused-ring (bicyclic) bond motifs is 1. The Morgan fingerprint density at radius 1 is 1.38 bits per heavy atom. The second kappa shape index (κ2) is 6.62. The first kappa shape index (κ1) is 16.0. The summed E-state index contributed by atoms with van der Waals surface area (Å²) in [5, 5.41) is 12.9. The highest BCUT2D eigenvalue weighted by Crippen LogP contribution is 2.27. The van der Waals surface area contributed by atoms with Crippen molar-refractivity contribution in [3.63, 3.8) is 0 Å². The van der Waals surface area contributed by atoms with Crippen LogP contribution in [0.4, 0.5) is 0 Å². The van der Waals surface area contributed by atoms with Crippen molar-refractivity contribution in [1.29, 1.82) is 0 Å². The zero-order chi connectivity index (χ0) is 15.6. The fraction of sp³-hybridized carbons (Fsp3) is 0.438. The average molecular weight is 354 g/mol. The van der Waals surface area contributed by atoms with Crippen LogP contribution in [-0.4, -0.2) is 23.7 Å². The van der Waals surface area contributed by atoms with Crippen LogP contribution in [0.2, 0.25) is 0 Å². The molecule has 1 amide bonds. The molecule has 0 saturated heterocycles. The van der Waals surface area contributed by atoms with Crippen LogP contribution in [0.15, 0.2) is 27.1 Å². The molecule has 0 radical (unpaired) electrons. The highest BCUT2D eigenvalue weighted by Gasteiger charge is 2.20. The number of furan rings is 1. The molecule has 0 aliphatic carbocycles. The number of halogens is 1. The molecule has 4 nitrogen and oxygen atoms in total. The second-order valence-electron chi connectivity index (χ2n) is 5.59. The van der Waals surface area contributed by atoms with Gasteiger partial charge < -0.3 is 14.8 Å². The number of benzene rings is 1. The van der Waals surface area contributed by atoms with Crippen LogP contribution in [0.5, 0.6) is 0 Å². The van der Waals surface area contributed by atoms with Gasteiger partial charge in [-0.05, 0) is 43.0 Å². The Labute approximate surface area is 132 Å². The van der Waals surface area contributed by atoms with Crippen molar-refractivity contribution in [2.45, 2.75) is 33.2 Å². The Kier molecular flexibility index (Phi) is 5.06. The monoisotopic (exact) mass is 353 g/mol. The molecule has 21 heavy (non-hydrogen) atoms. The van der Waals surface area contributed by atoms with Crippen LogP contribution in [0.1, 0.15) is 36.4 Å². The molecule has 2 aromatic rings. The third kappa shape index (κ3) is 3.66. The fourth-order valence-electron chi connectivity index (χ4n) is 2.35. The minimum Gasteiger partial charge on any atom is -0.451 e. The highest BCUT2D eigenvalue weighted by atomic mass is 79.9. The first-order valence-electron chi connectivity index (χ1n) is 7.03. The summed E-state index contributed by atoms with van der Waals surface area (Å²) < 4.78 is 6.64. The maximum atomic E-state index is 12.3. The van der Waals surface area contributed by atoms with Gasteiger partial charge in [-0.1, -0.05) is 29.8 Å². The van der Waals surface area contributed by atoms with E-state index >= 15 is 0 Å². The van der Waals surface area contributed by atoms with Gasteiger partial charge in [-0.2, -0.15) is 0 Å². The summed E-state index contributed by atoms with van der Waals surface area (Å²) in [6.07, 6.45) is 0.536. The molecule has 0 saturated carbocycles. The van der Waals surface area contributed by atoms with Gasteiger partial charge in [0.25, 0.3) is 5.91 Å². The zero-order valence-corrected chi connectivity index (χ0v) is 14.0. The molecule has 0 fully saturated rings. The second-order valence-corrected chi connectivity index (χ2v) is 6.50. The molecule has 0 unspecified atom stereocenters. The van der Waals surface area contributed by atoms with Gasteiger partial charge >= 0.3 is 0 Å². The number of nitrogens with one attached hydrogen (secondary N) is 1. The Morgan fingerprint density at radius 2 is 2.10 bits per heavy atom. The summed E-state index contributed by atoms with van der Waals surface area (Å²) >= 11 is 3.44. The predicted molar refractivity (Wildman–Crippen MR) is 86.4 cm³/mol. The summed E-state index contributed by atoms with van der Waals surface area (Å²) in [5.74, 6) is 0.310. The number of hydrogen-bond acceptors (Lipinski definition) is 3. The third-order valence-corrected chi connectivity index (χ3v) is 4.01. The summed E-state index contributed by atoms with van der Waals surface area (Å²) in [5.41, 5.74) is 1.71. The van der Waals surface area contributed by atoms with E-state index in [1.165, 1.54) is 0 Å². The molecule has 0 bridgehead atoms. The lowest BCUT2D eigenvalue weighted by Gasteiger charge is -2.20. The molecule has 1 aromatic heterocycles. The molecule has 0 spiro atoms. The number of hydrogen-bond donors (Lipinski definition) is 2. The van der Waals surface area contributed by atoms with Crippen LogP contribution in [-0.2, 0) is 0 Å². The molecular formula is C16H20BrNO3. The third-order valence-electron chi connectivity index (χ3n) is 3.55. The lowest BCUT2D eigenvalue weighted by atomic mass is 10.0. The van der Waals surface area contributed by atoms with E-state index in [9.17, 15) is 4.79 Å². The van der Waals surface area contributed by atoms with Gasteiger partial charge in [0.05, 0.1) is 0 Å². The first-order valence-corrected chi connectivity index (χ1v) is 7.83. The predicted octanol–water partition coefficient (Wildman–Crippen LogP) is 3.64. The molecule has 1 atom stereocenters. The first-order chi connectivity index (χ1) is 9.92. The van der Waals surface area contributed by atoms with E-state index in [0.29, 0.717) is 12.2 Å². The Hall–Kier alpha value is -1.33. The van der Waals surface area contributed by atoms with Crippen LogP contribution < -0.4 is 5.32 Å². The van der Waals surface area contributed by atoms with E-state index < -0.39 is 0 Å². The number of carbonyl (C=O) groups excluding carboxylic acids is 1. The minimum absolute atomic E-state index is 0.0509. The molecule has 5 heteroatoms. The molecule has 1 aromatic carbocycles. The number of rotatable bonds is 5. The molecule has 0 aliphatic rings. The summed E-state index contributed by atoms with van der Waals surface area (Å²) in [6.45, 7) is 6.03. The van der Waals surface area contributed by atoms with Crippen molar-refractivity contribution in [3.8, 4) is 0 Å². The zero-order valence-electron chi connectivity index (χ0n) is 12.4. The van der Waals surface area contributed by atoms with Gasteiger partial charge in [0.15, 0.2) is 5.76 Å². The van der Waals surface area contributed by atoms with Gasteiger partial charge in [-0.25, -0.2) is 0 Å². The summed E-state index contributed by atoms with van der Waals surface area (Å²) in [6, 6.07) is 5.56. The van der Waals surface area contributed by atoms with Gasteiger partial charge in [-0.3, -0.25) is 4.79 Å². The smallest absolute Gasteiger partial charge is 0.287 e. The summed E-state index contributed by atoms with van der Waals surface area (Å²) in [7, 11) is 0. The minimum atomic E-state index is -0.242. The number of amides is 1. The topological polar surface area (TPSA) is 62.5 Å². The molecule has 1 heterocycles. The fourth-order valence-corrected chi connectivity index (χ4v) is 2.94. The van der Waals surface area contributed by atoms with Crippen molar-refractivity contribution < 1.29 is 14.3 Å². The lowest BCUT2D eigenvalue weighted by molar-refractivity contribution is 0.0890. The standard InChI is InChI=1S/C16H20BrNO3/c1-9(2)13(4-5-19)18-16(20)14-8-11-7-12(17)6-10(3)15(11)21-14/h6-9,13,19H,4-5H2,1-3H3,(H,18,20)/t13-/m0/s1. The van der Waals surface area contributed by atoms with E-state index in [1.807, 2.05) is 32.9 Å². The Bertz CT molecular complexity index is 648. The van der Waals surface area contributed by atoms with Gasteiger partial charge in [-0.15, -0.1) is 0 Å². The molecule has 2 N–H and O–H groups in total. The summed E-state index contributed by atoms with van der Waals surface area (Å²) in [4.78, 5) is 12.3. The van der Waals surface area contributed by atoms with E-state index in [2.05, 4.69) is 21.2 Å². The molecular weight excluding hydrogens is 334 g/mol. The van der Waals surface area contributed by atoms with Gasteiger partial charge in [0.2, 0.25) is 0 Å². The lowest BCUT2D eigenvalue weighted by Crippen LogP contribution is -2.39. The van der Waals surface area contributed by atoms with Crippen LogP contribution >= 0.6 is 15.9 Å². The normalized spacial score (nSPS) is 12.9. The van der Waals surface area contributed by atoms with E-state index in [0.717, 1.165) is 21.0 Å². The van der Waals surface area contributed by atoms with Crippen LogP contribution in [0.25, 0.3) is 11.0 Å². The number of aryl methyl sites for hydroxylation is 1. The van der Waals surface area contributed by atoms with E-state index in [-0.39, 0.29) is 24.5 Å². The molecule has 2 rings (SSSR count). The maximum absolute atomic E-state index is 12.3.